The highest BCUT2D eigenvalue weighted by molar-refractivity contribution is 5.90. The third-order valence-electron chi connectivity index (χ3n) is 5.71. The fourth-order valence-electron chi connectivity index (χ4n) is 4.14. The molecule has 7 nitrogen and oxygen atoms in total. The molecule has 0 aromatic rings. The Morgan fingerprint density at radius 2 is 1.89 bits per heavy atom. The molecule has 1 aliphatic heterocycles. The van der Waals surface area contributed by atoms with Gasteiger partial charge in [0.1, 0.15) is 12.1 Å². The number of carbonyl (C=O) groups excluding carboxylic acids is 3. The van der Waals surface area contributed by atoms with E-state index < -0.39 is 24.1 Å². The molecule has 2 amide bonds. The van der Waals surface area contributed by atoms with Gasteiger partial charge < -0.3 is 19.7 Å². The van der Waals surface area contributed by atoms with Crippen molar-refractivity contribution in [3.05, 3.63) is 12.7 Å². The maximum Gasteiger partial charge on any atom is 0.407 e. The number of hydrogen-bond donors (Lipinski definition) is 1. The fourth-order valence-corrected chi connectivity index (χ4v) is 4.14. The first-order valence-electron chi connectivity index (χ1n) is 10.2. The Morgan fingerprint density at radius 1 is 1.21 bits per heavy atom. The van der Waals surface area contributed by atoms with Gasteiger partial charge in [-0.05, 0) is 38.0 Å². The number of amides is 2. The van der Waals surface area contributed by atoms with Crippen molar-refractivity contribution in [3.63, 3.8) is 0 Å². The van der Waals surface area contributed by atoms with Crippen molar-refractivity contribution in [2.45, 2.75) is 70.9 Å². The van der Waals surface area contributed by atoms with Crippen LogP contribution < -0.4 is 5.32 Å². The average molecular weight is 395 g/mol. The van der Waals surface area contributed by atoms with Crippen molar-refractivity contribution >= 4 is 18.0 Å². The molecule has 28 heavy (non-hydrogen) atoms. The molecule has 0 aromatic heterocycles. The maximum absolute atomic E-state index is 13.2. The predicted octanol–water partition coefficient (Wildman–Crippen LogP) is 3.04. The zero-order valence-corrected chi connectivity index (χ0v) is 17.4. The molecule has 0 radical (unpaired) electrons. The summed E-state index contributed by atoms with van der Waals surface area (Å²) in [6, 6.07) is -1.23. The van der Waals surface area contributed by atoms with Gasteiger partial charge in [0.05, 0.1) is 13.7 Å². The first-order valence-corrected chi connectivity index (χ1v) is 10.2. The van der Waals surface area contributed by atoms with Gasteiger partial charge in [0.15, 0.2) is 0 Å². The van der Waals surface area contributed by atoms with Gasteiger partial charge in [0, 0.05) is 12.0 Å². The molecular weight excluding hydrogens is 360 g/mol. The van der Waals surface area contributed by atoms with E-state index in [0.29, 0.717) is 13.0 Å². The summed E-state index contributed by atoms with van der Waals surface area (Å²) >= 11 is 0. The summed E-state index contributed by atoms with van der Waals surface area (Å²) in [6.45, 7) is 8.46. The molecule has 0 bridgehead atoms. The van der Waals surface area contributed by atoms with E-state index in [1.807, 2.05) is 13.8 Å². The van der Waals surface area contributed by atoms with Gasteiger partial charge in [-0.25, -0.2) is 9.59 Å². The first-order chi connectivity index (χ1) is 13.3. The highest BCUT2D eigenvalue weighted by Gasteiger charge is 2.41. The summed E-state index contributed by atoms with van der Waals surface area (Å²) in [7, 11) is 1.33. The summed E-state index contributed by atoms with van der Waals surface area (Å²) in [5, 5.41) is 2.80. The number of methoxy groups -OCH3 is 1. The number of nitrogens with zero attached hydrogens (tertiary/aromatic N) is 1. The summed E-state index contributed by atoms with van der Waals surface area (Å²) in [5.74, 6) is -0.535. The van der Waals surface area contributed by atoms with E-state index in [2.05, 4.69) is 11.9 Å². The number of ether oxygens (including phenoxy) is 2. The molecule has 0 unspecified atom stereocenters. The van der Waals surface area contributed by atoms with Gasteiger partial charge >= 0.3 is 12.1 Å². The van der Waals surface area contributed by atoms with Gasteiger partial charge in [-0.2, -0.15) is 0 Å². The van der Waals surface area contributed by atoms with Crippen molar-refractivity contribution in [2.75, 3.05) is 20.3 Å². The van der Waals surface area contributed by atoms with Crippen molar-refractivity contribution in [1.29, 1.82) is 0 Å². The zero-order valence-electron chi connectivity index (χ0n) is 17.4. The molecule has 7 heteroatoms. The van der Waals surface area contributed by atoms with Gasteiger partial charge in [-0.1, -0.05) is 32.8 Å². The number of nitrogens with one attached hydrogen (secondary N) is 1. The van der Waals surface area contributed by atoms with Crippen molar-refractivity contribution in [1.82, 2.24) is 10.2 Å². The van der Waals surface area contributed by atoms with Crippen LogP contribution in [0.5, 0.6) is 0 Å². The topological polar surface area (TPSA) is 84.9 Å². The van der Waals surface area contributed by atoms with E-state index in [9.17, 15) is 14.4 Å². The standard InChI is InChI=1S/C21H34N2O5/c1-5-12-21(2,3)14-28-20(26)22-17(15-9-6-7-10-15)18(24)23-13-8-11-16(23)19(25)27-4/h5,15-17H,1,6-14H2,2-4H3,(H,22,26)/t16-,17-/m0/s1. The van der Waals surface area contributed by atoms with Crippen LogP contribution in [-0.2, 0) is 19.1 Å². The second-order valence-corrected chi connectivity index (χ2v) is 8.61. The number of carbonyl (C=O) groups is 3. The van der Waals surface area contributed by atoms with Crippen LogP contribution >= 0.6 is 0 Å². The number of rotatable bonds is 8. The molecule has 1 saturated heterocycles. The number of hydrogen-bond acceptors (Lipinski definition) is 5. The van der Waals surface area contributed by atoms with Crippen molar-refractivity contribution in [2.24, 2.45) is 11.3 Å². The SMILES string of the molecule is C=CCC(C)(C)COC(=O)N[C@H](C(=O)N1CCC[C@H]1C(=O)OC)C1CCCC1. The molecule has 1 saturated carbocycles. The Kier molecular flexibility index (Phi) is 7.89. The van der Waals surface area contributed by atoms with E-state index >= 15 is 0 Å². The normalized spacial score (nSPS) is 21.2. The summed E-state index contributed by atoms with van der Waals surface area (Å²) in [4.78, 5) is 39.3. The molecule has 1 aliphatic carbocycles. The zero-order chi connectivity index (χ0) is 20.7. The molecular formula is C21H34N2O5. The minimum Gasteiger partial charge on any atom is -0.467 e. The molecule has 1 heterocycles. The van der Waals surface area contributed by atoms with Gasteiger partial charge in [0.25, 0.3) is 0 Å². The van der Waals surface area contributed by atoms with Crippen LogP contribution in [0.25, 0.3) is 0 Å². The third-order valence-corrected chi connectivity index (χ3v) is 5.71. The highest BCUT2D eigenvalue weighted by Crippen LogP contribution is 2.30. The van der Waals surface area contributed by atoms with Crippen LogP contribution in [0.4, 0.5) is 4.79 Å². The molecule has 2 atom stereocenters. The molecule has 2 aliphatic rings. The van der Waals surface area contributed by atoms with Gasteiger partial charge in [-0.15, -0.1) is 6.58 Å². The number of likely N-dealkylation sites (tertiary alicyclic amines) is 1. The van der Waals surface area contributed by atoms with Crippen LogP contribution in [0.15, 0.2) is 12.7 Å². The number of allylic oxidation sites excluding steroid dienone is 1. The van der Waals surface area contributed by atoms with Crippen LogP contribution in [0, 0.1) is 11.3 Å². The molecule has 0 spiro atoms. The quantitative estimate of drug-likeness (QED) is 0.505. The van der Waals surface area contributed by atoms with Gasteiger partial charge in [-0.3, -0.25) is 4.79 Å². The summed E-state index contributed by atoms with van der Waals surface area (Å²) in [6.07, 6.45) is 7.13. The minimum atomic E-state index is -0.664. The Morgan fingerprint density at radius 3 is 2.50 bits per heavy atom. The van der Waals surface area contributed by atoms with E-state index in [4.69, 9.17) is 9.47 Å². The Bertz CT molecular complexity index is 583. The smallest absolute Gasteiger partial charge is 0.407 e. The lowest BCUT2D eigenvalue weighted by atomic mass is 9.91. The Hall–Kier alpha value is -2.05. The van der Waals surface area contributed by atoms with Crippen LogP contribution in [0.3, 0.4) is 0 Å². The lowest BCUT2D eigenvalue weighted by molar-refractivity contribution is -0.152. The third kappa shape index (κ3) is 5.72. The second-order valence-electron chi connectivity index (χ2n) is 8.61. The van der Waals surface area contributed by atoms with Crippen LogP contribution in [0.1, 0.15) is 58.8 Å². The predicted molar refractivity (Wildman–Crippen MR) is 106 cm³/mol. The fraction of sp³-hybridized carbons (Fsp3) is 0.762. The molecule has 1 N–H and O–H groups in total. The molecule has 2 fully saturated rings. The van der Waals surface area contributed by atoms with Crippen molar-refractivity contribution in [3.8, 4) is 0 Å². The number of esters is 1. The molecule has 2 rings (SSSR count). The van der Waals surface area contributed by atoms with Gasteiger partial charge in [0.2, 0.25) is 5.91 Å². The monoisotopic (exact) mass is 394 g/mol. The van der Waals surface area contributed by atoms with E-state index in [-0.39, 0.29) is 23.8 Å². The van der Waals surface area contributed by atoms with E-state index in [1.165, 1.54) is 7.11 Å². The minimum absolute atomic E-state index is 0.0696. The maximum atomic E-state index is 13.2. The number of alkyl carbamates (subject to hydrolysis) is 1. The average Bonchev–Trinajstić information content (AvgIpc) is 3.35. The molecule has 0 aromatic carbocycles. The van der Waals surface area contributed by atoms with E-state index in [1.54, 1.807) is 11.0 Å². The van der Waals surface area contributed by atoms with Crippen LogP contribution in [0.2, 0.25) is 0 Å². The highest BCUT2D eigenvalue weighted by atomic mass is 16.5. The lowest BCUT2D eigenvalue weighted by Crippen LogP contribution is -2.54. The lowest BCUT2D eigenvalue weighted by Gasteiger charge is -2.31. The first kappa shape index (κ1) is 22.2. The van der Waals surface area contributed by atoms with E-state index in [0.717, 1.165) is 38.5 Å². The molecule has 158 valence electrons. The van der Waals surface area contributed by atoms with Crippen LogP contribution in [-0.4, -0.2) is 55.2 Å². The second kappa shape index (κ2) is 9.94. The summed E-state index contributed by atoms with van der Waals surface area (Å²) < 4.78 is 10.2. The Labute approximate surface area is 167 Å². The largest absolute Gasteiger partial charge is 0.467 e. The van der Waals surface area contributed by atoms with Crippen molar-refractivity contribution < 1.29 is 23.9 Å². The Balaban J connectivity index is 2.05. The summed E-state index contributed by atoms with van der Waals surface area (Å²) in [5.41, 5.74) is -0.211.